The van der Waals surface area contributed by atoms with Crippen LogP contribution in [0.2, 0.25) is 0 Å². The Morgan fingerprint density at radius 1 is 1.45 bits per heavy atom. The van der Waals surface area contributed by atoms with Gasteiger partial charge >= 0.3 is 0 Å². The Morgan fingerprint density at radius 2 is 2.36 bits per heavy atom. The molecule has 4 heteroatoms. The van der Waals surface area contributed by atoms with Gasteiger partial charge in [-0.05, 0) is 18.4 Å². The minimum Gasteiger partial charge on any atom is -0.159 e. The third-order valence-corrected chi connectivity index (χ3v) is 2.17. The highest BCUT2D eigenvalue weighted by atomic mass is 32.2. The average molecular weight is 165 g/mol. The summed E-state index contributed by atoms with van der Waals surface area (Å²) in [6.07, 6.45) is 5.58. The van der Waals surface area contributed by atoms with Gasteiger partial charge in [0.15, 0.2) is 0 Å². The van der Waals surface area contributed by atoms with Crippen molar-refractivity contribution in [1.82, 2.24) is 14.8 Å². The van der Waals surface area contributed by atoms with Gasteiger partial charge in [-0.1, -0.05) is 0 Å². The number of thioether (sulfide) groups is 1. The van der Waals surface area contributed by atoms with Gasteiger partial charge in [0.05, 0.1) is 17.9 Å². The van der Waals surface area contributed by atoms with E-state index in [4.69, 9.17) is 0 Å². The highest BCUT2D eigenvalue weighted by Gasteiger charge is 1.94. The van der Waals surface area contributed by atoms with Gasteiger partial charge in [0, 0.05) is 4.90 Å². The molecule has 0 saturated carbocycles. The Balaban J connectivity index is 2.67. The summed E-state index contributed by atoms with van der Waals surface area (Å²) in [5.74, 6) is 0. The van der Waals surface area contributed by atoms with Crippen molar-refractivity contribution in [2.24, 2.45) is 0 Å². The molecular formula is C7H7N3S. The van der Waals surface area contributed by atoms with E-state index in [1.807, 2.05) is 18.5 Å². The van der Waals surface area contributed by atoms with E-state index in [0.717, 1.165) is 10.4 Å². The van der Waals surface area contributed by atoms with E-state index >= 15 is 0 Å². The lowest BCUT2D eigenvalue weighted by atomic mass is 10.5. The number of nitrogens with zero attached hydrogens (tertiary/aromatic N) is 3. The van der Waals surface area contributed by atoms with Crippen molar-refractivity contribution in [1.29, 1.82) is 0 Å². The van der Waals surface area contributed by atoms with E-state index in [1.54, 1.807) is 22.6 Å². The number of hydrogen-bond acceptors (Lipinski definition) is 3. The third kappa shape index (κ3) is 1.09. The van der Waals surface area contributed by atoms with Crippen molar-refractivity contribution in [2.45, 2.75) is 4.90 Å². The molecular weight excluding hydrogens is 158 g/mol. The Kier molecular flexibility index (Phi) is 1.54. The second-order valence-electron chi connectivity index (χ2n) is 2.14. The Bertz CT molecular complexity index is 368. The van der Waals surface area contributed by atoms with E-state index in [0.29, 0.717) is 0 Å². The molecule has 0 bridgehead atoms. The molecule has 2 aromatic rings. The predicted molar refractivity (Wildman–Crippen MR) is 44.8 cm³/mol. The fourth-order valence-corrected chi connectivity index (χ4v) is 1.31. The molecule has 2 rings (SSSR count). The zero-order valence-corrected chi connectivity index (χ0v) is 6.88. The summed E-state index contributed by atoms with van der Waals surface area (Å²) in [5, 5.41) is 8.09. The zero-order chi connectivity index (χ0) is 7.68. The summed E-state index contributed by atoms with van der Waals surface area (Å²) in [5.41, 5.74) is 1.04. The van der Waals surface area contributed by atoms with Gasteiger partial charge in [-0.3, -0.25) is 0 Å². The fraction of sp³-hybridized carbons (Fsp3) is 0.143. The maximum atomic E-state index is 4.10. The van der Waals surface area contributed by atoms with Crippen LogP contribution in [0.4, 0.5) is 0 Å². The van der Waals surface area contributed by atoms with Crippen LogP contribution in [-0.4, -0.2) is 21.1 Å². The van der Waals surface area contributed by atoms with E-state index in [1.165, 1.54) is 0 Å². The van der Waals surface area contributed by atoms with E-state index < -0.39 is 0 Å². The Hall–Kier alpha value is -1.03. The molecule has 0 spiro atoms. The molecule has 0 saturated heterocycles. The minimum atomic E-state index is 1.04. The summed E-state index contributed by atoms with van der Waals surface area (Å²) in [6, 6.07) is 4.00. The molecule has 0 radical (unpaired) electrons. The molecule has 56 valence electrons. The molecule has 0 aliphatic carbocycles. The van der Waals surface area contributed by atoms with Gasteiger partial charge in [0.25, 0.3) is 0 Å². The normalized spacial score (nSPS) is 10.6. The van der Waals surface area contributed by atoms with Crippen molar-refractivity contribution < 1.29 is 0 Å². The lowest BCUT2D eigenvalue weighted by molar-refractivity contribution is 0.789. The molecule has 3 nitrogen and oxygen atoms in total. The monoisotopic (exact) mass is 165 g/mol. The molecule has 0 aliphatic heterocycles. The maximum Gasteiger partial charge on any atom is 0.0884 e. The van der Waals surface area contributed by atoms with E-state index in [2.05, 4.69) is 16.3 Å². The average Bonchev–Trinajstić information content (AvgIpc) is 2.50. The molecule has 0 aromatic carbocycles. The van der Waals surface area contributed by atoms with Gasteiger partial charge in [-0.25, -0.2) is 0 Å². The third-order valence-electron chi connectivity index (χ3n) is 1.47. The molecule has 11 heavy (non-hydrogen) atoms. The van der Waals surface area contributed by atoms with Crippen LogP contribution in [0.25, 0.3) is 5.52 Å². The molecule has 0 N–H and O–H groups in total. The fourth-order valence-electron chi connectivity index (χ4n) is 0.915. The predicted octanol–water partition coefficient (Wildman–Crippen LogP) is 1.45. The van der Waals surface area contributed by atoms with Crippen LogP contribution in [0.5, 0.6) is 0 Å². The smallest absolute Gasteiger partial charge is 0.0884 e. The summed E-state index contributed by atoms with van der Waals surface area (Å²) in [4.78, 5) is 1.16. The molecule has 2 heterocycles. The van der Waals surface area contributed by atoms with Crippen molar-refractivity contribution in [3.8, 4) is 0 Å². The van der Waals surface area contributed by atoms with Gasteiger partial charge in [0.2, 0.25) is 0 Å². The van der Waals surface area contributed by atoms with Crippen molar-refractivity contribution in [3.05, 3.63) is 24.5 Å². The first-order valence-corrected chi connectivity index (χ1v) is 4.47. The van der Waals surface area contributed by atoms with Gasteiger partial charge < -0.3 is 0 Å². The topological polar surface area (TPSA) is 30.2 Å². The zero-order valence-electron chi connectivity index (χ0n) is 6.06. The molecule has 0 unspecified atom stereocenters. The first-order valence-electron chi connectivity index (χ1n) is 3.24. The molecule has 0 fully saturated rings. The summed E-state index contributed by atoms with van der Waals surface area (Å²) in [7, 11) is 0. The number of aromatic nitrogens is 3. The van der Waals surface area contributed by atoms with Gasteiger partial charge in [-0.2, -0.15) is 14.8 Å². The number of rotatable bonds is 1. The van der Waals surface area contributed by atoms with Crippen LogP contribution in [0.3, 0.4) is 0 Å². The number of fused-ring (bicyclic) bond motifs is 1. The van der Waals surface area contributed by atoms with Crippen LogP contribution < -0.4 is 0 Å². The molecule has 2 aromatic heterocycles. The Labute approximate surface area is 68.4 Å². The highest BCUT2D eigenvalue weighted by molar-refractivity contribution is 7.98. The van der Waals surface area contributed by atoms with E-state index in [-0.39, 0.29) is 0 Å². The summed E-state index contributed by atoms with van der Waals surface area (Å²) >= 11 is 1.68. The lowest BCUT2D eigenvalue weighted by Crippen LogP contribution is -1.91. The van der Waals surface area contributed by atoms with Crippen molar-refractivity contribution >= 4 is 17.3 Å². The Morgan fingerprint density at radius 3 is 3.18 bits per heavy atom. The minimum absolute atomic E-state index is 1.04. The largest absolute Gasteiger partial charge is 0.159 e. The quantitative estimate of drug-likeness (QED) is 0.599. The van der Waals surface area contributed by atoms with Crippen LogP contribution in [0.15, 0.2) is 29.4 Å². The maximum absolute atomic E-state index is 4.10. The van der Waals surface area contributed by atoms with Gasteiger partial charge in [0.1, 0.15) is 0 Å². The first-order chi connectivity index (χ1) is 5.40. The van der Waals surface area contributed by atoms with Crippen molar-refractivity contribution in [3.63, 3.8) is 0 Å². The summed E-state index contributed by atoms with van der Waals surface area (Å²) < 4.78 is 1.61. The van der Waals surface area contributed by atoms with Crippen LogP contribution in [-0.2, 0) is 0 Å². The summed E-state index contributed by atoms with van der Waals surface area (Å²) in [6.45, 7) is 0. The van der Waals surface area contributed by atoms with Crippen LogP contribution >= 0.6 is 11.8 Å². The lowest BCUT2D eigenvalue weighted by Gasteiger charge is -1.94. The van der Waals surface area contributed by atoms with Gasteiger partial charge in [-0.15, -0.1) is 11.8 Å². The molecule has 0 atom stereocenters. The second-order valence-corrected chi connectivity index (χ2v) is 3.02. The highest BCUT2D eigenvalue weighted by Crippen LogP contribution is 2.14. The SMILES string of the molecule is CSc1cnn2nccc2c1. The van der Waals surface area contributed by atoms with E-state index in [9.17, 15) is 0 Å². The van der Waals surface area contributed by atoms with Crippen LogP contribution in [0, 0.1) is 0 Å². The first kappa shape index (κ1) is 6.67. The van der Waals surface area contributed by atoms with Crippen LogP contribution in [0.1, 0.15) is 0 Å². The second kappa shape index (κ2) is 2.54. The number of hydrogen-bond donors (Lipinski definition) is 0. The standard InChI is InChI=1S/C7H7N3S/c1-11-7-4-6-2-3-8-10(6)9-5-7/h2-5H,1H3. The molecule has 0 aliphatic rings. The molecule has 0 amide bonds. The van der Waals surface area contributed by atoms with Crippen molar-refractivity contribution in [2.75, 3.05) is 6.26 Å².